The first kappa shape index (κ1) is 16.7. The predicted octanol–water partition coefficient (Wildman–Crippen LogP) is 2.78. The lowest BCUT2D eigenvalue weighted by molar-refractivity contribution is -0.130. The summed E-state index contributed by atoms with van der Waals surface area (Å²) in [6, 6.07) is 8.04. The van der Waals surface area contributed by atoms with E-state index in [0.29, 0.717) is 32.6 Å². The molecule has 0 atom stereocenters. The van der Waals surface area contributed by atoms with Gasteiger partial charge in [0.15, 0.2) is 0 Å². The summed E-state index contributed by atoms with van der Waals surface area (Å²) in [7, 11) is 0. The van der Waals surface area contributed by atoms with Crippen molar-refractivity contribution in [2.45, 2.75) is 49.5 Å². The number of carbonyl (C=O) groups is 1. The molecule has 126 valence electrons. The standard InChI is InChI=1S/C18H25ClN2O2/c19-15-5-3-4-14(12-15)17(6-1-2-7-17)13-21-16(22)18(20)8-10-23-11-9-18/h3-5,12H,1-2,6-11,13,20H2,(H,21,22). The second-order valence-corrected chi connectivity index (χ2v) is 7.39. The first-order chi connectivity index (χ1) is 11.0. The molecule has 0 unspecified atom stereocenters. The summed E-state index contributed by atoms with van der Waals surface area (Å²) in [5.74, 6) is -0.0471. The predicted molar refractivity (Wildman–Crippen MR) is 91.6 cm³/mol. The summed E-state index contributed by atoms with van der Waals surface area (Å²) in [5.41, 5.74) is 6.71. The highest BCUT2D eigenvalue weighted by Gasteiger charge is 2.40. The van der Waals surface area contributed by atoms with E-state index in [-0.39, 0.29) is 11.3 Å². The van der Waals surface area contributed by atoms with Crippen LogP contribution in [0.1, 0.15) is 44.1 Å². The smallest absolute Gasteiger partial charge is 0.240 e. The number of benzene rings is 1. The van der Waals surface area contributed by atoms with Gasteiger partial charge < -0.3 is 15.8 Å². The van der Waals surface area contributed by atoms with Crippen LogP contribution in [0.5, 0.6) is 0 Å². The van der Waals surface area contributed by atoms with E-state index in [1.807, 2.05) is 18.2 Å². The molecule has 1 aliphatic carbocycles. The number of hydrogen-bond donors (Lipinski definition) is 2. The van der Waals surface area contributed by atoms with Gasteiger partial charge in [0, 0.05) is 30.2 Å². The maximum Gasteiger partial charge on any atom is 0.240 e. The quantitative estimate of drug-likeness (QED) is 0.888. The molecule has 1 aliphatic heterocycles. The minimum atomic E-state index is -0.785. The van der Waals surface area contributed by atoms with Crippen molar-refractivity contribution in [1.82, 2.24) is 5.32 Å². The van der Waals surface area contributed by atoms with Crippen molar-refractivity contribution in [2.24, 2.45) is 5.73 Å². The molecule has 1 saturated heterocycles. The summed E-state index contributed by atoms with van der Waals surface area (Å²) < 4.78 is 5.32. The summed E-state index contributed by atoms with van der Waals surface area (Å²) in [6.07, 6.45) is 5.70. The highest BCUT2D eigenvalue weighted by molar-refractivity contribution is 6.30. The van der Waals surface area contributed by atoms with Crippen molar-refractivity contribution in [3.63, 3.8) is 0 Å². The first-order valence-corrected chi connectivity index (χ1v) is 8.83. The van der Waals surface area contributed by atoms with E-state index >= 15 is 0 Å². The molecule has 1 aromatic carbocycles. The highest BCUT2D eigenvalue weighted by Crippen LogP contribution is 2.41. The van der Waals surface area contributed by atoms with Crippen LogP contribution in [0.3, 0.4) is 0 Å². The van der Waals surface area contributed by atoms with Crippen LogP contribution in [-0.2, 0) is 14.9 Å². The zero-order chi connectivity index (χ0) is 16.3. The average Bonchev–Trinajstić information content (AvgIpc) is 3.03. The van der Waals surface area contributed by atoms with Crippen molar-refractivity contribution in [3.8, 4) is 0 Å². The number of rotatable bonds is 4. The van der Waals surface area contributed by atoms with Crippen molar-refractivity contribution in [2.75, 3.05) is 19.8 Å². The Morgan fingerprint density at radius 3 is 2.57 bits per heavy atom. The molecule has 1 saturated carbocycles. The van der Waals surface area contributed by atoms with Gasteiger partial charge in [0.25, 0.3) is 0 Å². The molecule has 1 heterocycles. The van der Waals surface area contributed by atoms with Gasteiger partial charge in [-0.3, -0.25) is 4.79 Å². The fourth-order valence-corrected chi connectivity index (χ4v) is 4.02. The summed E-state index contributed by atoms with van der Waals surface area (Å²) >= 11 is 6.17. The topological polar surface area (TPSA) is 64.4 Å². The number of nitrogens with one attached hydrogen (secondary N) is 1. The number of halogens is 1. The highest BCUT2D eigenvalue weighted by atomic mass is 35.5. The Hall–Kier alpha value is -1.10. The SMILES string of the molecule is NC1(C(=O)NCC2(c3cccc(Cl)c3)CCCC2)CCOCC1. The third-order valence-electron chi connectivity index (χ3n) is 5.42. The van der Waals surface area contributed by atoms with Gasteiger partial charge in [0.1, 0.15) is 0 Å². The minimum absolute atomic E-state index is 0.0118. The van der Waals surface area contributed by atoms with Crippen molar-refractivity contribution < 1.29 is 9.53 Å². The Balaban J connectivity index is 1.72. The van der Waals surface area contributed by atoms with Crippen molar-refractivity contribution >= 4 is 17.5 Å². The molecule has 0 radical (unpaired) electrons. The molecule has 1 aromatic rings. The molecule has 3 N–H and O–H groups in total. The Morgan fingerprint density at radius 2 is 1.91 bits per heavy atom. The van der Waals surface area contributed by atoms with E-state index in [4.69, 9.17) is 22.1 Å². The molecule has 0 bridgehead atoms. The van der Waals surface area contributed by atoms with Gasteiger partial charge in [0.05, 0.1) is 5.54 Å². The lowest BCUT2D eigenvalue weighted by Crippen LogP contribution is -2.58. The second kappa shape index (κ2) is 6.80. The Morgan fingerprint density at radius 1 is 1.22 bits per heavy atom. The number of carbonyl (C=O) groups excluding carboxylic acids is 1. The van der Waals surface area contributed by atoms with Gasteiger partial charge in [-0.2, -0.15) is 0 Å². The molecule has 2 aliphatic rings. The molecule has 2 fully saturated rings. The molecular formula is C18H25ClN2O2. The Labute approximate surface area is 142 Å². The molecule has 4 nitrogen and oxygen atoms in total. The summed E-state index contributed by atoms with van der Waals surface area (Å²) in [6.45, 7) is 1.75. The monoisotopic (exact) mass is 336 g/mol. The van der Waals surface area contributed by atoms with E-state index in [0.717, 1.165) is 17.9 Å². The Kier molecular flexibility index (Phi) is 4.95. The zero-order valence-corrected chi connectivity index (χ0v) is 14.2. The first-order valence-electron chi connectivity index (χ1n) is 8.45. The van der Waals surface area contributed by atoms with E-state index in [1.54, 1.807) is 0 Å². The number of nitrogens with two attached hydrogens (primary N) is 1. The molecule has 0 aromatic heterocycles. The van der Waals surface area contributed by atoms with Crippen LogP contribution in [0.25, 0.3) is 0 Å². The van der Waals surface area contributed by atoms with Gasteiger partial charge in [0.2, 0.25) is 5.91 Å². The van der Waals surface area contributed by atoms with Crippen LogP contribution >= 0.6 is 11.6 Å². The lowest BCUT2D eigenvalue weighted by atomic mass is 9.78. The Bertz CT molecular complexity index is 564. The van der Waals surface area contributed by atoms with Gasteiger partial charge in [-0.1, -0.05) is 36.6 Å². The van der Waals surface area contributed by atoms with Crippen molar-refractivity contribution in [1.29, 1.82) is 0 Å². The molecule has 5 heteroatoms. The number of ether oxygens (including phenoxy) is 1. The van der Waals surface area contributed by atoms with E-state index in [1.165, 1.54) is 18.4 Å². The lowest BCUT2D eigenvalue weighted by Gasteiger charge is -2.35. The van der Waals surface area contributed by atoms with Crippen LogP contribution in [0.15, 0.2) is 24.3 Å². The van der Waals surface area contributed by atoms with Gasteiger partial charge in [-0.25, -0.2) is 0 Å². The normalized spacial score (nSPS) is 22.7. The third kappa shape index (κ3) is 3.54. The molecule has 23 heavy (non-hydrogen) atoms. The largest absolute Gasteiger partial charge is 0.381 e. The fourth-order valence-electron chi connectivity index (χ4n) is 3.83. The van der Waals surface area contributed by atoms with Crippen LogP contribution in [0.2, 0.25) is 5.02 Å². The maximum atomic E-state index is 12.6. The third-order valence-corrected chi connectivity index (χ3v) is 5.66. The van der Waals surface area contributed by atoms with E-state index in [9.17, 15) is 4.79 Å². The maximum absolute atomic E-state index is 12.6. The van der Waals surface area contributed by atoms with Gasteiger partial charge >= 0.3 is 0 Å². The fraction of sp³-hybridized carbons (Fsp3) is 0.611. The summed E-state index contributed by atoms with van der Waals surface area (Å²) in [4.78, 5) is 12.6. The summed E-state index contributed by atoms with van der Waals surface area (Å²) in [5, 5.41) is 3.88. The van der Waals surface area contributed by atoms with Crippen LogP contribution in [-0.4, -0.2) is 31.2 Å². The van der Waals surface area contributed by atoms with E-state index < -0.39 is 5.54 Å². The van der Waals surface area contributed by atoms with Crippen LogP contribution in [0.4, 0.5) is 0 Å². The molecule has 1 amide bonds. The van der Waals surface area contributed by atoms with Gasteiger partial charge in [-0.15, -0.1) is 0 Å². The average molecular weight is 337 g/mol. The number of hydrogen-bond acceptors (Lipinski definition) is 3. The van der Waals surface area contributed by atoms with Crippen LogP contribution in [0, 0.1) is 0 Å². The number of amides is 1. The molecule has 3 rings (SSSR count). The second-order valence-electron chi connectivity index (χ2n) is 6.95. The minimum Gasteiger partial charge on any atom is -0.381 e. The van der Waals surface area contributed by atoms with Crippen molar-refractivity contribution in [3.05, 3.63) is 34.9 Å². The zero-order valence-electron chi connectivity index (χ0n) is 13.4. The van der Waals surface area contributed by atoms with Crippen LogP contribution < -0.4 is 11.1 Å². The molecular weight excluding hydrogens is 312 g/mol. The van der Waals surface area contributed by atoms with E-state index in [2.05, 4.69) is 11.4 Å². The molecule has 0 spiro atoms. The van der Waals surface area contributed by atoms with Gasteiger partial charge in [-0.05, 0) is 43.4 Å².